The molecule has 1 aromatic heterocycles. The average Bonchev–Trinajstić information content (AvgIpc) is 3.10. The topological polar surface area (TPSA) is 34.1 Å². The van der Waals surface area contributed by atoms with Crippen LogP contribution in [0.15, 0.2) is 18.3 Å². The SMILES string of the molecule is Cc1ccc(OCCCCNC2CC2)cn1. The Morgan fingerprint density at radius 2 is 2.25 bits per heavy atom. The van der Waals surface area contributed by atoms with E-state index < -0.39 is 0 Å². The van der Waals surface area contributed by atoms with Gasteiger partial charge >= 0.3 is 0 Å². The maximum Gasteiger partial charge on any atom is 0.137 e. The molecule has 1 heterocycles. The fraction of sp³-hybridized carbons (Fsp3) is 0.615. The number of pyridine rings is 1. The quantitative estimate of drug-likeness (QED) is 0.716. The Balaban J connectivity index is 1.51. The molecule has 0 saturated heterocycles. The molecular weight excluding hydrogens is 200 g/mol. The highest BCUT2D eigenvalue weighted by Crippen LogP contribution is 2.18. The van der Waals surface area contributed by atoms with Crippen LogP contribution < -0.4 is 10.1 Å². The molecule has 1 fully saturated rings. The molecule has 0 bridgehead atoms. The lowest BCUT2D eigenvalue weighted by Gasteiger charge is -2.06. The third-order valence-electron chi connectivity index (χ3n) is 2.73. The fourth-order valence-electron chi connectivity index (χ4n) is 1.55. The van der Waals surface area contributed by atoms with Gasteiger partial charge in [-0.2, -0.15) is 0 Å². The van der Waals surface area contributed by atoms with Gasteiger partial charge in [-0.25, -0.2) is 0 Å². The standard InChI is InChI=1S/C13H20N2O/c1-11-4-7-13(10-15-11)16-9-3-2-8-14-12-5-6-12/h4,7,10,12,14H,2-3,5-6,8-9H2,1H3. The molecule has 1 N–H and O–H groups in total. The summed E-state index contributed by atoms with van der Waals surface area (Å²) in [5.41, 5.74) is 1.03. The van der Waals surface area contributed by atoms with Gasteiger partial charge in [0.25, 0.3) is 0 Å². The molecule has 1 saturated carbocycles. The minimum atomic E-state index is 0.789. The van der Waals surface area contributed by atoms with Crippen LogP contribution in [0.5, 0.6) is 5.75 Å². The highest BCUT2D eigenvalue weighted by molar-refractivity contribution is 5.18. The molecule has 0 aromatic carbocycles. The first-order chi connectivity index (χ1) is 7.84. The molecule has 0 radical (unpaired) electrons. The largest absolute Gasteiger partial charge is 0.492 e. The van der Waals surface area contributed by atoms with E-state index in [9.17, 15) is 0 Å². The van der Waals surface area contributed by atoms with E-state index in [0.717, 1.165) is 37.1 Å². The molecule has 0 aliphatic heterocycles. The van der Waals surface area contributed by atoms with Crippen LogP contribution in [0.4, 0.5) is 0 Å². The van der Waals surface area contributed by atoms with E-state index in [2.05, 4.69) is 10.3 Å². The minimum Gasteiger partial charge on any atom is -0.492 e. The van der Waals surface area contributed by atoms with Gasteiger partial charge in [-0.1, -0.05) is 0 Å². The van der Waals surface area contributed by atoms with Crippen molar-refractivity contribution < 1.29 is 4.74 Å². The van der Waals surface area contributed by atoms with Gasteiger partial charge in [0, 0.05) is 11.7 Å². The number of aromatic nitrogens is 1. The smallest absolute Gasteiger partial charge is 0.137 e. The molecule has 1 aliphatic carbocycles. The summed E-state index contributed by atoms with van der Waals surface area (Å²) in [6.45, 7) is 3.89. The molecule has 0 amide bonds. The van der Waals surface area contributed by atoms with Crippen LogP contribution in [0.2, 0.25) is 0 Å². The zero-order chi connectivity index (χ0) is 11.2. The first-order valence-corrected chi connectivity index (χ1v) is 6.13. The van der Waals surface area contributed by atoms with Gasteiger partial charge < -0.3 is 10.1 Å². The number of nitrogens with zero attached hydrogens (tertiary/aromatic N) is 1. The van der Waals surface area contributed by atoms with Crippen LogP contribution in [0.25, 0.3) is 0 Å². The van der Waals surface area contributed by atoms with E-state index in [1.807, 2.05) is 19.1 Å². The summed E-state index contributed by atoms with van der Waals surface area (Å²) in [5.74, 6) is 0.876. The molecule has 1 aromatic rings. The van der Waals surface area contributed by atoms with Crippen molar-refractivity contribution in [2.45, 2.75) is 38.6 Å². The Morgan fingerprint density at radius 3 is 2.94 bits per heavy atom. The van der Waals surface area contributed by atoms with E-state index in [1.54, 1.807) is 6.20 Å². The van der Waals surface area contributed by atoms with Crippen molar-refractivity contribution in [1.82, 2.24) is 10.3 Å². The lowest BCUT2D eigenvalue weighted by molar-refractivity contribution is 0.304. The summed E-state index contributed by atoms with van der Waals surface area (Å²) in [6.07, 6.45) is 6.82. The van der Waals surface area contributed by atoms with Crippen molar-refractivity contribution in [2.75, 3.05) is 13.2 Å². The van der Waals surface area contributed by atoms with Gasteiger partial charge in [0.05, 0.1) is 12.8 Å². The van der Waals surface area contributed by atoms with Gasteiger partial charge in [0.15, 0.2) is 0 Å². The lowest BCUT2D eigenvalue weighted by atomic mass is 10.3. The summed E-state index contributed by atoms with van der Waals surface area (Å²) in [5, 5.41) is 3.49. The Bertz CT molecular complexity index is 306. The van der Waals surface area contributed by atoms with Gasteiger partial charge in [-0.15, -0.1) is 0 Å². The Labute approximate surface area is 97.2 Å². The van der Waals surface area contributed by atoms with Crippen LogP contribution >= 0.6 is 0 Å². The van der Waals surface area contributed by atoms with Gasteiger partial charge in [0.2, 0.25) is 0 Å². The third kappa shape index (κ3) is 4.19. The summed E-state index contributed by atoms with van der Waals surface area (Å²) in [6, 6.07) is 4.77. The third-order valence-corrected chi connectivity index (χ3v) is 2.73. The van der Waals surface area contributed by atoms with Crippen LogP contribution in [0, 0.1) is 6.92 Å². The zero-order valence-electron chi connectivity index (χ0n) is 9.91. The number of ether oxygens (including phenoxy) is 1. The molecule has 2 rings (SSSR count). The maximum atomic E-state index is 5.59. The van der Waals surface area contributed by atoms with Crippen LogP contribution in [0.1, 0.15) is 31.4 Å². The fourth-order valence-corrected chi connectivity index (χ4v) is 1.55. The van der Waals surface area contributed by atoms with Crippen molar-refractivity contribution >= 4 is 0 Å². The first-order valence-electron chi connectivity index (χ1n) is 6.13. The Hall–Kier alpha value is -1.09. The van der Waals surface area contributed by atoms with E-state index in [0.29, 0.717) is 0 Å². The highest BCUT2D eigenvalue weighted by atomic mass is 16.5. The van der Waals surface area contributed by atoms with E-state index in [1.165, 1.54) is 19.3 Å². The molecule has 0 spiro atoms. The molecule has 16 heavy (non-hydrogen) atoms. The van der Waals surface area contributed by atoms with Gasteiger partial charge in [0.1, 0.15) is 5.75 Å². The van der Waals surface area contributed by atoms with Gasteiger partial charge in [-0.05, 0) is 51.3 Å². The van der Waals surface area contributed by atoms with Gasteiger partial charge in [-0.3, -0.25) is 4.98 Å². The van der Waals surface area contributed by atoms with Crippen molar-refractivity contribution in [1.29, 1.82) is 0 Å². The van der Waals surface area contributed by atoms with Crippen LogP contribution in [-0.2, 0) is 0 Å². The minimum absolute atomic E-state index is 0.789. The lowest BCUT2D eigenvalue weighted by Crippen LogP contribution is -2.17. The summed E-state index contributed by atoms with van der Waals surface area (Å²) < 4.78 is 5.59. The Morgan fingerprint density at radius 1 is 1.38 bits per heavy atom. The summed E-state index contributed by atoms with van der Waals surface area (Å²) >= 11 is 0. The Kier molecular flexibility index (Phi) is 4.17. The normalized spacial score (nSPS) is 15.1. The van der Waals surface area contributed by atoms with Crippen LogP contribution in [0.3, 0.4) is 0 Å². The molecular formula is C13H20N2O. The number of hydrogen-bond acceptors (Lipinski definition) is 3. The number of aryl methyl sites for hydroxylation is 1. The second-order valence-electron chi connectivity index (χ2n) is 4.42. The van der Waals surface area contributed by atoms with Crippen molar-refractivity contribution in [3.8, 4) is 5.75 Å². The second-order valence-corrected chi connectivity index (χ2v) is 4.42. The summed E-state index contributed by atoms with van der Waals surface area (Å²) in [7, 11) is 0. The molecule has 3 heteroatoms. The number of hydrogen-bond donors (Lipinski definition) is 1. The molecule has 0 atom stereocenters. The zero-order valence-corrected chi connectivity index (χ0v) is 9.91. The van der Waals surface area contributed by atoms with Crippen molar-refractivity contribution in [2.24, 2.45) is 0 Å². The molecule has 1 aliphatic rings. The predicted octanol–water partition coefficient (Wildman–Crippen LogP) is 2.30. The second kappa shape index (κ2) is 5.85. The molecule has 0 unspecified atom stereocenters. The predicted molar refractivity (Wildman–Crippen MR) is 64.7 cm³/mol. The van der Waals surface area contributed by atoms with Crippen molar-refractivity contribution in [3.05, 3.63) is 24.0 Å². The first kappa shape index (κ1) is 11.4. The molecule has 88 valence electrons. The number of unbranched alkanes of at least 4 members (excludes halogenated alkanes) is 1. The van der Waals surface area contributed by atoms with E-state index in [4.69, 9.17) is 4.74 Å². The van der Waals surface area contributed by atoms with E-state index >= 15 is 0 Å². The molecule has 3 nitrogen and oxygen atoms in total. The number of rotatable bonds is 7. The highest BCUT2D eigenvalue weighted by Gasteiger charge is 2.19. The van der Waals surface area contributed by atoms with Crippen LogP contribution in [-0.4, -0.2) is 24.2 Å². The summed E-state index contributed by atoms with van der Waals surface area (Å²) in [4.78, 5) is 4.19. The number of nitrogens with one attached hydrogen (secondary N) is 1. The average molecular weight is 220 g/mol. The van der Waals surface area contributed by atoms with E-state index in [-0.39, 0.29) is 0 Å². The maximum absolute atomic E-state index is 5.59. The van der Waals surface area contributed by atoms with Crippen molar-refractivity contribution in [3.63, 3.8) is 0 Å². The monoisotopic (exact) mass is 220 g/mol.